The van der Waals surface area contributed by atoms with Gasteiger partial charge in [-0.15, -0.1) is 0 Å². The van der Waals surface area contributed by atoms with Gasteiger partial charge in [-0.25, -0.2) is 0 Å². The summed E-state index contributed by atoms with van der Waals surface area (Å²) < 4.78 is 2.05. The average molecular weight is 262 g/mol. The lowest BCUT2D eigenvalue weighted by Gasteiger charge is -2.37. The molecule has 0 amide bonds. The Hall–Kier alpha value is -0.870. The monoisotopic (exact) mass is 262 g/mol. The van der Waals surface area contributed by atoms with Crippen LogP contribution in [0.3, 0.4) is 0 Å². The Balaban J connectivity index is 1.57. The molecule has 2 saturated heterocycles. The van der Waals surface area contributed by atoms with Gasteiger partial charge in [0.2, 0.25) is 0 Å². The van der Waals surface area contributed by atoms with Crippen LogP contribution in [0.4, 0.5) is 0 Å². The van der Waals surface area contributed by atoms with Crippen LogP contribution < -0.4 is 5.32 Å². The molecule has 2 atom stereocenters. The molecule has 2 fully saturated rings. The first-order chi connectivity index (χ1) is 9.35. The smallest absolute Gasteiger partial charge is 0.0536 e. The lowest BCUT2D eigenvalue weighted by atomic mass is 9.98. The second kappa shape index (κ2) is 6.06. The molecule has 0 aliphatic carbocycles. The summed E-state index contributed by atoms with van der Waals surface area (Å²) in [6, 6.07) is 4.37. The van der Waals surface area contributed by atoms with Crippen LogP contribution in [0.5, 0.6) is 0 Å². The number of fused-ring (bicyclic) bond motifs is 2. The van der Waals surface area contributed by atoms with E-state index in [4.69, 9.17) is 0 Å². The van der Waals surface area contributed by atoms with Crippen LogP contribution in [0.15, 0.2) is 18.5 Å². The van der Waals surface area contributed by atoms with Crippen molar-refractivity contribution in [3.63, 3.8) is 0 Å². The van der Waals surface area contributed by atoms with Gasteiger partial charge in [0.15, 0.2) is 0 Å². The lowest BCUT2D eigenvalue weighted by molar-refractivity contribution is 0.135. The number of piperidine rings is 1. The van der Waals surface area contributed by atoms with E-state index in [1.165, 1.54) is 38.6 Å². The number of nitrogens with zero attached hydrogens (tertiary/aromatic N) is 3. The molecule has 1 N–H and O–H groups in total. The van der Waals surface area contributed by atoms with Crippen molar-refractivity contribution in [2.24, 2.45) is 0 Å². The Morgan fingerprint density at radius 3 is 2.68 bits per heavy atom. The maximum absolute atomic E-state index is 4.31. The topological polar surface area (TPSA) is 33.1 Å². The van der Waals surface area contributed by atoms with Gasteiger partial charge in [-0.2, -0.15) is 5.10 Å². The summed E-state index contributed by atoms with van der Waals surface area (Å²) in [5, 5.41) is 8.06. The van der Waals surface area contributed by atoms with Crippen LogP contribution in [-0.4, -0.2) is 45.9 Å². The second-order valence-corrected chi connectivity index (χ2v) is 6.07. The molecule has 0 spiro atoms. The normalized spacial score (nSPS) is 30.1. The fourth-order valence-corrected chi connectivity index (χ4v) is 3.75. The molecule has 3 rings (SSSR count). The summed E-state index contributed by atoms with van der Waals surface area (Å²) in [5.41, 5.74) is 0. The zero-order valence-electron chi connectivity index (χ0n) is 12.0. The Morgan fingerprint density at radius 2 is 2.05 bits per heavy atom. The molecule has 0 aromatic carbocycles. The van der Waals surface area contributed by atoms with Crippen molar-refractivity contribution in [1.29, 1.82) is 0 Å². The number of hydrogen-bond acceptors (Lipinski definition) is 3. The third kappa shape index (κ3) is 3.18. The molecule has 2 unspecified atom stereocenters. The van der Waals surface area contributed by atoms with Gasteiger partial charge in [-0.1, -0.05) is 6.92 Å². The minimum Gasteiger partial charge on any atom is -0.311 e. The van der Waals surface area contributed by atoms with E-state index in [0.717, 1.165) is 31.2 Å². The highest BCUT2D eigenvalue weighted by molar-refractivity contribution is 4.95. The Labute approximate surface area is 116 Å². The molecule has 0 saturated carbocycles. The number of rotatable bonds is 6. The highest BCUT2D eigenvalue weighted by Gasteiger charge is 2.35. The fourth-order valence-electron chi connectivity index (χ4n) is 3.75. The van der Waals surface area contributed by atoms with Crippen LogP contribution in [0.2, 0.25) is 0 Å². The summed E-state index contributed by atoms with van der Waals surface area (Å²) in [5.74, 6) is 0. The third-order valence-electron chi connectivity index (χ3n) is 4.65. The zero-order valence-corrected chi connectivity index (χ0v) is 12.0. The van der Waals surface area contributed by atoms with Crippen molar-refractivity contribution in [1.82, 2.24) is 20.0 Å². The second-order valence-electron chi connectivity index (χ2n) is 6.07. The molecule has 106 valence electrons. The summed E-state index contributed by atoms with van der Waals surface area (Å²) in [4.78, 5) is 2.70. The van der Waals surface area contributed by atoms with Crippen molar-refractivity contribution in [3.8, 4) is 0 Å². The van der Waals surface area contributed by atoms with Crippen LogP contribution >= 0.6 is 0 Å². The third-order valence-corrected chi connectivity index (χ3v) is 4.65. The highest BCUT2D eigenvalue weighted by atomic mass is 15.3. The quantitative estimate of drug-likeness (QED) is 0.850. The van der Waals surface area contributed by atoms with Crippen LogP contribution in [0, 0.1) is 0 Å². The Bertz CT molecular complexity index is 364. The molecule has 4 nitrogen and oxygen atoms in total. The summed E-state index contributed by atoms with van der Waals surface area (Å²) in [6.45, 7) is 5.67. The van der Waals surface area contributed by atoms with Gasteiger partial charge >= 0.3 is 0 Å². The first-order valence-electron chi connectivity index (χ1n) is 7.82. The molecule has 19 heavy (non-hydrogen) atoms. The first-order valence-corrected chi connectivity index (χ1v) is 7.82. The minimum atomic E-state index is 0.785. The van der Waals surface area contributed by atoms with Crippen molar-refractivity contribution in [3.05, 3.63) is 18.5 Å². The van der Waals surface area contributed by atoms with Crippen molar-refractivity contribution in [2.45, 2.75) is 63.7 Å². The van der Waals surface area contributed by atoms with E-state index in [9.17, 15) is 0 Å². The number of aromatic nitrogens is 2. The van der Waals surface area contributed by atoms with E-state index in [1.807, 2.05) is 12.3 Å². The Morgan fingerprint density at radius 1 is 1.26 bits per heavy atom. The van der Waals surface area contributed by atoms with Gasteiger partial charge in [0.05, 0.1) is 6.54 Å². The summed E-state index contributed by atoms with van der Waals surface area (Å²) >= 11 is 0. The molecule has 2 aliphatic rings. The molecular weight excluding hydrogens is 236 g/mol. The number of nitrogens with one attached hydrogen (secondary N) is 1. The lowest BCUT2D eigenvalue weighted by Crippen LogP contribution is -2.49. The predicted octanol–water partition coefficient (Wildman–Crippen LogP) is 1.88. The van der Waals surface area contributed by atoms with Crippen molar-refractivity contribution < 1.29 is 0 Å². The molecule has 4 heteroatoms. The van der Waals surface area contributed by atoms with Gasteiger partial charge in [-0.05, 0) is 44.7 Å². The van der Waals surface area contributed by atoms with Crippen molar-refractivity contribution in [2.75, 3.05) is 13.1 Å². The molecule has 1 aromatic heterocycles. The largest absolute Gasteiger partial charge is 0.311 e. The van der Waals surface area contributed by atoms with Gasteiger partial charge < -0.3 is 5.32 Å². The first kappa shape index (κ1) is 13.1. The molecule has 2 bridgehead atoms. The molecule has 1 aromatic rings. The zero-order chi connectivity index (χ0) is 13.1. The number of hydrogen-bond donors (Lipinski definition) is 1. The molecule has 0 radical (unpaired) electrons. The standard InChI is InChI=1S/C15H26N4/c1-2-7-18(9-10-19-8-3-6-16-19)15-11-13-4-5-14(12-15)17-13/h3,6,8,13-15,17H,2,4-5,7,9-12H2,1H3. The van der Waals surface area contributed by atoms with Gasteiger partial charge in [0.25, 0.3) is 0 Å². The van der Waals surface area contributed by atoms with Gasteiger partial charge in [0.1, 0.15) is 0 Å². The van der Waals surface area contributed by atoms with Crippen LogP contribution in [0.1, 0.15) is 39.0 Å². The SMILES string of the molecule is CCCN(CCn1cccn1)C1CC2CCC(C1)N2. The van der Waals surface area contributed by atoms with E-state index >= 15 is 0 Å². The maximum Gasteiger partial charge on any atom is 0.0536 e. The van der Waals surface area contributed by atoms with Crippen LogP contribution in [-0.2, 0) is 6.54 Å². The van der Waals surface area contributed by atoms with E-state index in [2.05, 4.69) is 33.1 Å². The predicted molar refractivity (Wildman–Crippen MR) is 77.1 cm³/mol. The molecular formula is C15H26N4. The average Bonchev–Trinajstić information content (AvgIpc) is 3.04. The van der Waals surface area contributed by atoms with Gasteiger partial charge in [-0.3, -0.25) is 9.58 Å². The van der Waals surface area contributed by atoms with E-state index < -0.39 is 0 Å². The van der Waals surface area contributed by atoms with E-state index in [1.54, 1.807) is 0 Å². The van der Waals surface area contributed by atoms with Gasteiger partial charge in [0, 0.05) is 37.1 Å². The highest BCUT2D eigenvalue weighted by Crippen LogP contribution is 2.29. The van der Waals surface area contributed by atoms with E-state index in [0.29, 0.717) is 0 Å². The summed E-state index contributed by atoms with van der Waals surface area (Å²) in [6.07, 6.45) is 10.6. The molecule has 2 aliphatic heterocycles. The maximum atomic E-state index is 4.31. The fraction of sp³-hybridized carbons (Fsp3) is 0.800. The Kier molecular flexibility index (Phi) is 4.18. The minimum absolute atomic E-state index is 0.785. The summed E-state index contributed by atoms with van der Waals surface area (Å²) in [7, 11) is 0. The molecule has 3 heterocycles. The van der Waals surface area contributed by atoms with E-state index in [-0.39, 0.29) is 0 Å². The van der Waals surface area contributed by atoms with Crippen LogP contribution in [0.25, 0.3) is 0 Å². The van der Waals surface area contributed by atoms with Crippen molar-refractivity contribution >= 4 is 0 Å².